The average Bonchev–Trinajstić information content (AvgIpc) is 2.91. The molecule has 0 unspecified atom stereocenters. The summed E-state index contributed by atoms with van der Waals surface area (Å²) >= 11 is -2.61. The van der Waals surface area contributed by atoms with E-state index in [1.807, 2.05) is 0 Å². The quantitative estimate of drug-likeness (QED) is 0.0811. The molecule has 2 aliphatic carbocycles. The molecule has 0 bridgehead atoms. The number of fused-ring (bicyclic) bond motifs is 3. The summed E-state index contributed by atoms with van der Waals surface area (Å²) in [6.07, 6.45) is 0. The second-order valence-electron chi connectivity index (χ2n) is 8.56. The fourth-order valence-electron chi connectivity index (χ4n) is 4.75. The largest absolute Gasteiger partial charge is 1.00 e. The predicted octanol–water partition coefficient (Wildman–Crippen LogP) is -1.41. The van der Waals surface area contributed by atoms with Gasteiger partial charge in [0.1, 0.15) is 0 Å². The zero-order valence-corrected chi connectivity index (χ0v) is 23.6. The number of nitrogens with zero attached hydrogens (tertiary/aromatic N) is 1. The van der Waals surface area contributed by atoms with Crippen molar-refractivity contribution in [1.82, 2.24) is 0 Å². The van der Waals surface area contributed by atoms with Crippen molar-refractivity contribution < 1.29 is 53.1 Å². The molecule has 5 N–H and O–H groups in total. The number of hydrogen-bond donors (Lipinski definition) is 4. The maximum absolute atomic E-state index is 13.4. The van der Waals surface area contributed by atoms with Gasteiger partial charge in [0.25, 0.3) is 11.4 Å². The Morgan fingerprint density at radius 1 is 0.725 bits per heavy atom. The van der Waals surface area contributed by atoms with Crippen molar-refractivity contribution in [3.63, 3.8) is 0 Å². The molecule has 6 rings (SSSR count). The molecule has 40 heavy (non-hydrogen) atoms. The van der Waals surface area contributed by atoms with Gasteiger partial charge in [-0.3, -0.25) is 18.7 Å². The number of hydrogen-bond acceptors (Lipinski definition) is 8. The molecule has 194 valence electrons. The number of nitrogen functional groups attached to an aromatic ring is 1. The minimum atomic E-state index is -2.61. The number of nitrogens with one attached hydrogen (secondary N) is 1. The summed E-state index contributed by atoms with van der Waals surface area (Å²) in [4.78, 5) is 31.1. The summed E-state index contributed by atoms with van der Waals surface area (Å²) in [7, 11) is 0. The normalized spacial score (nSPS) is 11.6. The van der Waals surface area contributed by atoms with Crippen molar-refractivity contribution in [1.29, 1.82) is 5.41 Å². The van der Waals surface area contributed by atoms with E-state index in [1.165, 1.54) is 24.3 Å². The predicted molar refractivity (Wildman–Crippen MR) is 143 cm³/mol. The van der Waals surface area contributed by atoms with Gasteiger partial charge in [0, 0.05) is 21.8 Å². The van der Waals surface area contributed by atoms with Crippen LogP contribution in [-0.2, 0) is 11.4 Å². The Labute approximate surface area is 249 Å². The molecule has 0 radical (unpaired) electrons. The van der Waals surface area contributed by atoms with Crippen molar-refractivity contribution in [2.75, 3.05) is 5.73 Å². The fraction of sp³-hybridized carbons (Fsp3) is 0. The Hall–Kier alpha value is -3.97. The third kappa shape index (κ3) is 4.79. The molecular weight excluding hydrogens is 545 g/mol. The molecule has 0 atom stereocenters. The summed E-state index contributed by atoms with van der Waals surface area (Å²) in [5.74, 6) is -0.784. The molecular formula is C28H17N3NaO7S-. The van der Waals surface area contributed by atoms with Crippen LogP contribution in [0.4, 0.5) is 11.4 Å². The summed E-state index contributed by atoms with van der Waals surface area (Å²) < 4.78 is 22.8. The first-order chi connectivity index (χ1) is 18.6. The Balaban J connectivity index is 0.000000695. The first-order valence-electron chi connectivity index (χ1n) is 11.3. The second-order valence-corrected chi connectivity index (χ2v) is 9.02. The number of rotatable bonds is 1. The first-order valence-corrected chi connectivity index (χ1v) is 12.4. The molecule has 10 nitrogen and oxygen atoms in total. The Morgan fingerprint density at radius 3 is 1.75 bits per heavy atom. The van der Waals surface area contributed by atoms with Crippen molar-refractivity contribution in [2.24, 2.45) is 4.99 Å². The van der Waals surface area contributed by atoms with E-state index in [-0.39, 0.29) is 100 Å². The summed E-state index contributed by atoms with van der Waals surface area (Å²) in [5.41, 5.74) is 5.54. The minimum absolute atomic E-state index is 0. The third-order valence-electron chi connectivity index (χ3n) is 6.38. The van der Waals surface area contributed by atoms with Crippen LogP contribution in [0.3, 0.4) is 0 Å². The van der Waals surface area contributed by atoms with Crippen LogP contribution in [0.5, 0.6) is 11.5 Å². The van der Waals surface area contributed by atoms with Crippen LogP contribution in [0.1, 0.15) is 0 Å². The third-order valence-corrected chi connectivity index (χ3v) is 6.38. The van der Waals surface area contributed by atoms with Gasteiger partial charge in [0.15, 0.2) is 10.9 Å². The van der Waals surface area contributed by atoms with Crippen molar-refractivity contribution in [3.8, 4) is 11.5 Å². The molecule has 2 aliphatic rings. The standard InChI is InChI=1S/C28H17N3O4.Na.H2O3S/c29-17-9-11-19(23-21(17)25(32)13-5-1-3-7-15(13)27(23)34)31-20-12-10-18(30)22-24(20)28(35)16-8-4-2-6-14(16)26(22)33;;1-4(2)3/h1-12,29,33,35H,30H2;;(H2,1,2,3)/q;+1;/p-2. The SMILES string of the molecule is N=c1ccc(=Nc2ccc(N)c3c([O-])c4ccccc4c([O-])c23)c2c(=O)c3ccccc3c(=O)c1=2.O=S(O)O.[Na+]. The van der Waals surface area contributed by atoms with E-state index >= 15 is 0 Å². The van der Waals surface area contributed by atoms with Crippen molar-refractivity contribution >= 4 is 55.1 Å². The van der Waals surface area contributed by atoms with Gasteiger partial charge in [-0.25, -0.2) is 4.99 Å². The molecule has 0 fully saturated rings. The summed E-state index contributed by atoms with van der Waals surface area (Å²) in [6, 6.07) is 18.8. The molecule has 4 aromatic carbocycles. The van der Waals surface area contributed by atoms with Crippen LogP contribution in [0.25, 0.3) is 32.3 Å². The van der Waals surface area contributed by atoms with Gasteiger partial charge in [0.05, 0.1) is 26.8 Å². The molecule has 0 saturated carbocycles. The topological polar surface area (TPSA) is 200 Å². The van der Waals surface area contributed by atoms with Crippen molar-refractivity contribution in [3.05, 3.63) is 114 Å². The first kappa shape index (κ1) is 29.0. The fourth-order valence-corrected chi connectivity index (χ4v) is 4.75. The molecule has 0 aliphatic heterocycles. The molecule has 0 saturated heterocycles. The van der Waals surface area contributed by atoms with E-state index < -0.39 is 28.0 Å². The molecule has 0 spiro atoms. The maximum Gasteiger partial charge on any atom is 1.00 e. The molecule has 4 aromatic rings. The van der Waals surface area contributed by atoms with E-state index in [2.05, 4.69) is 4.99 Å². The summed E-state index contributed by atoms with van der Waals surface area (Å²) in [6.45, 7) is 0. The minimum Gasteiger partial charge on any atom is -0.872 e. The monoisotopic (exact) mass is 562 g/mol. The van der Waals surface area contributed by atoms with Gasteiger partial charge in [-0.15, -0.1) is 0 Å². The van der Waals surface area contributed by atoms with E-state index in [0.717, 1.165) is 0 Å². The Morgan fingerprint density at radius 2 is 1.20 bits per heavy atom. The van der Waals surface area contributed by atoms with E-state index in [1.54, 1.807) is 48.5 Å². The molecule has 0 amide bonds. The van der Waals surface area contributed by atoms with E-state index in [0.29, 0.717) is 0 Å². The number of benzene rings is 4. The van der Waals surface area contributed by atoms with E-state index in [9.17, 15) is 19.8 Å². The zero-order valence-electron chi connectivity index (χ0n) is 20.8. The van der Waals surface area contributed by atoms with Gasteiger partial charge in [-0.1, -0.05) is 60.0 Å². The van der Waals surface area contributed by atoms with Crippen LogP contribution in [0.2, 0.25) is 0 Å². The molecule has 0 heterocycles. The van der Waals surface area contributed by atoms with Crippen LogP contribution >= 0.6 is 0 Å². The average molecular weight is 563 g/mol. The van der Waals surface area contributed by atoms with Crippen LogP contribution in [0, 0.1) is 15.8 Å². The van der Waals surface area contributed by atoms with Crippen LogP contribution < -0.4 is 67.1 Å². The Kier molecular flexibility index (Phi) is 8.17. The second kappa shape index (κ2) is 11.3. The van der Waals surface area contributed by atoms with Gasteiger partial charge in [-0.05, 0) is 40.4 Å². The summed E-state index contributed by atoms with van der Waals surface area (Å²) in [5, 5.41) is 36.0. The van der Waals surface area contributed by atoms with E-state index in [4.69, 9.17) is 24.5 Å². The van der Waals surface area contributed by atoms with Crippen molar-refractivity contribution in [2.45, 2.75) is 0 Å². The van der Waals surface area contributed by atoms with Gasteiger partial charge < -0.3 is 21.4 Å². The number of anilines is 1. The zero-order chi connectivity index (χ0) is 28.0. The molecule has 12 heteroatoms. The smallest absolute Gasteiger partial charge is 0.872 e. The van der Waals surface area contributed by atoms with Gasteiger partial charge in [0.2, 0.25) is 0 Å². The van der Waals surface area contributed by atoms with Crippen LogP contribution in [-0.4, -0.2) is 13.3 Å². The Bertz CT molecular complexity index is 2280. The number of nitrogens with two attached hydrogens (primary N) is 1. The molecule has 0 aromatic heterocycles. The van der Waals surface area contributed by atoms with Gasteiger partial charge in [-0.2, -0.15) is 4.21 Å². The maximum atomic E-state index is 13.4. The van der Waals surface area contributed by atoms with Gasteiger partial charge >= 0.3 is 29.6 Å². The van der Waals surface area contributed by atoms with Crippen LogP contribution in [0.15, 0.2) is 87.4 Å².